The predicted octanol–water partition coefficient (Wildman–Crippen LogP) is 3.39. The molecule has 0 radical (unpaired) electrons. The first kappa shape index (κ1) is 13.2. The van der Waals surface area contributed by atoms with Gasteiger partial charge in [0.05, 0.1) is 22.2 Å². The number of nitro benzene ring substituents is 1. The normalized spacial score (nSPS) is 10.2. The highest BCUT2D eigenvalue weighted by Crippen LogP contribution is 2.27. The van der Waals surface area contributed by atoms with Crippen LogP contribution in [0.2, 0.25) is 5.02 Å². The molecule has 5 nitrogen and oxygen atoms in total. The van der Waals surface area contributed by atoms with Crippen LogP contribution in [0.25, 0.3) is 0 Å². The number of aromatic nitrogens is 1. The zero-order chi connectivity index (χ0) is 13.8. The van der Waals surface area contributed by atoms with E-state index in [0.29, 0.717) is 10.7 Å². The molecule has 1 heterocycles. The Bertz CT molecular complexity index is 604. The Balaban J connectivity index is 2.18. The summed E-state index contributed by atoms with van der Waals surface area (Å²) in [5.41, 5.74) is 0.182. The average molecular weight is 282 g/mol. The first-order valence-corrected chi connectivity index (χ1v) is 5.73. The van der Waals surface area contributed by atoms with Gasteiger partial charge in [0.25, 0.3) is 0 Å². The van der Waals surface area contributed by atoms with E-state index in [1.54, 1.807) is 12.1 Å². The maximum Gasteiger partial charge on any atom is 0.327 e. The number of hydrogen-bond acceptors (Lipinski definition) is 4. The Morgan fingerprint density at radius 3 is 2.79 bits per heavy atom. The van der Waals surface area contributed by atoms with Gasteiger partial charge in [0.15, 0.2) is 0 Å². The molecule has 98 valence electrons. The lowest BCUT2D eigenvalue weighted by Crippen LogP contribution is -2.05. The van der Waals surface area contributed by atoms with E-state index < -0.39 is 16.4 Å². The molecule has 0 aliphatic heterocycles. The van der Waals surface area contributed by atoms with Gasteiger partial charge in [-0.05, 0) is 24.3 Å². The fourth-order valence-electron chi connectivity index (χ4n) is 1.54. The van der Waals surface area contributed by atoms with Crippen molar-refractivity contribution in [3.63, 3.8) is 0 Å². The summed E-state index contributed by atoms with van der Waals surface area (Å²) in [6.07, 6.45) is 1.47. The van der Waals surface area contributed by atoms with Gasteiger partial charge < -0.3 is 5.32 Å². The van der Waals surface area contributed by atoms with Crippen LogP contribution in [-0.4, -0.2) is 9.91 Å². The van der Waals surface area contributed by atoms with E-state index in [0.717, 1.165) is 6.07 Å². The summed E-state index contributed by atoms with van der Waals surface area (Å²) in [5.74, 6) is -0.876. The molecule has 7 heteroatoms. The minimum atomic E-state index is -0.876. The Morgan fingerprint density at radius 1 is 1.37 bits per heavy atom. The molecule has 0 saturated heterocycles. The fourth-order valence-corrected chi connectivity index (χ4v) is 1.65. The molecule has 0 aliphatic rings. The highest BCUT2D eigenvalue weighted by atomic mass is 35.5. The molecule has 0 amide bonds. The van der Waals surface area contributed by atoms with E-state index in [-0.39, 0.29) is 12.2 Å². The topological polar surface area (TPSA) is 68.1 Å². The van der Waals surface area contributed by atoms with Gasteiger partial charge in [-0.2, -0.15) is 4.39 Å². The molecular formula is C12H9ClFN3O2. The van der Waals surface area contributed by atoms with Crippen molar-refractivity contribution in [2.45, 2.75) is 6.54 Å². The minimum Gasteiger partial charge on any atom is -0.374 e. The van der Waals surface area contributed by atoms with Crippen LogP contribution < -0.4 is 5.32 Å². The zero-order valence-corrected chi connectivity index (χ0v) is 10.4. The van der Waals surface area contributed by atoms with Crippen molar-refractivity contribution in [2.24, 2.45) is 0 Å². The van der Waals surface area contributed by atoms with Gasteiger partial charge in [-0.25, -0.2) is 0 Å². The SMILES string of the molecule is O=[N+]([O-])c1c(F)cccc1NCc1ccc(Cl)cn1. The zero-order valence-electron chi connectivity index (χ0n) is 9.64. The summed E-state index contributed by atoms with van der Waals surface area (Å²) >= 11 is 5.69. The molecule has 0 saturated carbocycles. The maximum atomic E-state index is 13.4. The van der Waals surface area contributed by atoms with Gasteiger partial charge in [0.2, 0.25) is 5.82 Å². The van der Waals surface area contributed by atoms with E-state index in [1.165, 1.54) is 18.3 Å². The molecule has 0 atom stereocenters. The molecule has 2 rings (SSSR count). The molecule has 0 unspecified atom stereocenters. The second-order valence-corrected chi connectivity index (χ2v) is 4.15. The van der Waals surface area contributed by atoms with Gasteiger partial charge in [0, 0.05) is 6.20 Å². The highest BCUT2D eigenvalue weighted by molar-refractivity contribution is 6.30. The first-order chi connectivity index (χ1) is 9.08. The van der Waals surface area contributed by atoms with Crippen LogP contribution in [-0.2, 0) is 6.54 Å². The molecule has 0 spiro atoms. The van der Waals surface area contributed by atoms with E-state index >= 15 is 0 Å². The number of benzene rings is 1. The summed E-state index contributed by atoms with van der Waals surface area (Å²) in [5, 5.41) is 14.1. The van der Waals surface area contributed by atoms with E-state index in [4.69, 9.17) is 11.6 Å². The standard InChI is InChI=1S/C12H9ClFN3O2/c13-8-4-5-9(15-6-8)7-16-11-3-1-2-10(14)12(11)17(18)19/h1-6,16H,7H2. The molecule has 0 aliphatic carbocycles. The first-order valence-electron chi connectivity index (χ1n) is 5.35. The second kappa shape index (κ2) is 5.62. The molecule has 19 heavy (non-hydrogen) atoms. The van der Waals surface area contributed by atoms with Gasteiger partial charge in [-0.3, -0.25) is 15.1 Å². The summed E-state index contributed by atoms with van der Waals surface area (Å²) in [6.45, 7) is 0.238. The molecule has 1 aromatic carbocycles. The molecule has 0 bridgehead atoms. The molecular weight excluding hydrogens is 273 g/mol. The van der Waals surface area contributed by atoms with Crippen LogP contribution in [0.1, 0.15) is 5.69 Å². The number of pyridine rings is 1. The third-order valence-electron chi connectivity index (χ3n) is 2.42. The minimum absolute atomic E-state index is 0.113. The lowest BCUT2D eigenvalue weighted by molar-refractivity contribution is -0.386. The summed E-state index contributed by atoms with van der Waals surface area (Å²) in [6, 6.07) is 7.23. The van der Waals surface area contributed by atoms with Crippen LogP contribution in [0.3, 0.4) is 0 Å². The van der Waals surface area contributed by atoms with Gasteiger partial charge >= 0.3 is 5.69 Å². The number of nitrogens with one attached hydrogen (secondary N) is 1. The van der Waals surface area contributed by atoms with Crippen molar-refractivity contribution in [1.29, 1.82) is 0 Å². The van der Waals surface area contributed by atoms with Crippen LogP contribution in [0, 0.1) is 15.9 Å². The third kappa shape index (κ3) is 3.17. The number of nitrogens with zero attached hydrogens (tertiary/aromatic N) is 2. The van der Waals surface area contributed by atoms with Crippen LogP contribution in [0.5, 0.6) is 0 Å². The van der Waals surface area contributed by atoms with Crippen LogP contribution in [0.4, 0.5) is 15.8 Å². The number of rotatable bonds is 4. The highest BCUT2D eigenvalue weighted by Gasteiger charge is 2.19. The lowest BCUT2D eigenvalue weighted by Gasteiger charge is -2.07. The predicted molar refractivity (Wildman–Crippen MR) is 69.6 cm³/mol. The van der Waals surface area contributed by atoms with E-state index in [1.807, 2.05) is 0 Å². The fraction of sp³-hybridized carbons (Fsp3) is 0.0833. The van der Waals surface area contributed by atoms with E-state index in [2.05, 4.69) is 10.3 Å². The van der Waals surface area contributed by atoms with Crippen molar-refractivity contribution >= 4 is 23.0 Å². The Labute approximate surface area is 113 Å². The largest absolute Gasteiger partial charge is 0.374 e. The number of para-hydroxylation sites is 1. The summed E-state index contributed by atoms with van der Waals surface area (Å²) in [7, 11) is 0. The Morgan fingerprint density at radius 2 is 2.16 bits per heavy atom. The number of hydrogen-bond donors (Lipinski definition) is 1. The number of nitro groups is 1. The van der Waals surface area contributed by atoms with Crippen LogP contribution >= 0.6 is 11.6 Å². The third-order valence-corrected chi connectivity index (χ3v) is 2.64. The number of anilines is 1. The van der Waals surface area contributed by atoms with Gasteiger partial charge in [-0.15, -0.1) is 0 Å². The number of halogens is 2. The molecule has 1 N–H and O–H groups in total. The Kier molecular flexibility index (Phi) is 3.91. The van der Waals surface area contributed by atoms with E-state index in [9.17, 15) is 14.5 Å². The summed E-state index contributed by atoms with van der Waals surface area (Å²) < 4.78 is 13.4. The van der Waals surface area contributed by atoms with Gasteiger partial charge in [-0.1, -0.05) is 17.7 Å². The molecule has 1 aromatic heterocycles. The van der Waals surface area contributed by atoms with Crippen molar-refractivity contribution in [3.05, 3.63) is 63.2 Å². The van der Waals surface area contributed by atoms with Crippen molar-refractivity contribution in [1.82, 2.24) is 4.98 Å². The smallest absolute Gasteiger partial charge is 0.327 e. The summed E-state index contributed by atoms with van der Waals surface area (Å²) in [4.78, 5) is 14.1. The lowest BCUT2D eigenvalue weighted by atomic mass is 10.2. The maximum absolute atomic E-state index is 13.4. The second-order valence-electron chi connectivity index (χ2n) is 3.71. The van der Waals surface area contributed by atoms with Crippen molar-refractivity contribution in [2.75, 3.05) is 5.32 Å². The average Bonchev–Trinajstić information content (AvgIpc) is 2.37. The van der Waals surface area contributed by atoms with Crippen molar-refractivity contribution < 1.29 is 9.31 Å². The van der Waals surface area contributed by atoms with Crippen LogP contribution in [0.15, 0.2) is 36.5 Å². The monoisotopic (exact) mass is 281 g/mol. The quantitative estimate of drug-likeness (QED) is 0.689. The van der Waals surface area contributed by atoms with Crippen molar-refractivity contribution in [3.8, 4) is 0 Å². The molecule has 2 aromatic rings. The van der Waals surface area contributed by atoms with Gasteiger partial charge in [0.1, 0.15) is 5.69 Å². The molecule has 0 fully saturated rings. The Hall–Kier alpha value is -2.21.